The van der Waals surface area contributed by atoms with Gasteiger partial charge in [-0.2, -0.15) is 0 Å². The summed E-state index contributed by atoms with van der Waals surface area (Å²) in [7, 11) is 1.40. The van der Waals surface area contributed by atoms with Crippen LogP contribution in [0.25, 0.3) is 11.1 Å². The van der Waals surface area contributed by atoms with E-state index in [1.165, 1.54) is 25.5 Å². The van der Waals surface area contributed by atoms with Gasteiger partial charge in [-0.1, -0.05) is 57.2 Å². The molecule has 0 aliphatic heterocycles. The summed E-state index contributed by atoms with van der Waals surface area (Å²) >= 11 is 0. The van der Waals surface area contributed by atoms with Crippen molar-refractivity contribution in [1.29, 1.82) is 0 Å². The average molecular weight is 378 g/mol. The van der Waals surface area contributed by atoms with Gasteiger partial charge in [-0.15, -0.1) is 0 Å². The second-order valence-corrected chi connectivity index (χ2v) is 9.21. The number of fused-ring (bicyclic) bond motifs is 2. The summed E-state index contributed by atoms with van der Waals surface area (Å²) in [6, 6.07) is 16.9. The maximum absolute atomic E-state index is 11.6. The highest BCUT2D eigenvalue weighted by molar-refractivity contribution is 5.89. The number of esters is 1. The molecular weight excluding hydrogens is 346 g/mol. The zero-order valence-corrected chi connectivity index (χ0v) is 17.4. The summed E-state index contributed by atoms with van der Waals surface area (Å²) in [5.41, 5.74) is 4.71. The standard InChI is InChI=1S/C25H31NO2/c1-16-22-13-21(25(22,2)3)14-23(16)26-15-17-5-7-18(8-6-17)19-9-11-20(12-10-19)24(27)28-4/h5-12,16,21-23,26H,13-15H2,1-4H3/t16-,21+,22-,23-/m0/s1. The molecule has 0 saturated heterocycles. The van der Waals surface area contributed by atoms with Crippen LogP contribution in [0, 0.1) is 23.2 Å². The molecule has 2 aromatic rings. The Morgan fingerprint density at radius 2 is 1.64 bits per heavy atom. The van der Waals surface area contributed by atoms with Crippen molar-refractivity contribution >= 4 is 5.97 Å². The lowest BCUT2D eigenvalue weighted by Gasteiger charge is -2.62. The Balaban J connectivity index is 1.36. The quantitative estimate of drug-likeness (QED) is 0.719. The molecule has 0 spiro atoms. The predicted molar refractivity (Wildman–Crippen MR) is 113 cm³/mol. The highest BCUT2D eigenvalue weighted by Crippen LogP contribution is 2.61. The van der Waals surface area contributed by atoms with Gasteiger partial charge >= 0.3 is 5.97 Å². The van der Waals surface area contributed by atoms with Crippen molar-refractivity contribution in [3.63, 3.8) is 0 Å². The number of nitrogens with one attached hydrogen (secondary N) is 1. The Kier molecular flexibility index (Phi) is 5.05. The van der Waals surface area contributed by atoms with Gasteiger partial charge < -0.3 is 10.1 Å². The van der Waals surface area contributed by atoms with Crippen molar-refractivity contribution in [3.05, 3.63) is 59.7 Å². The monoisotopic (exact) mass is 377 g/mol. The first-order valence-corrected chi connectivity index (χ1v) is 10.4. The van der Waals surface area contributed by atoms with Gasteiger partial charge in [0, 0.05) is 12.6 Å². The fraction of sp³-hybridized carbons (Fsp3) is 0.480. The molecule has 3 aliphatic rings. The molecule has 1 N–H and O–H groups in total. The van der Waals surface area contributed by atoms with E-state index in [0.29, 0.717) is 17.0 Å². The van der Waals surface area contributed by atoms with Gasteiger partial charge in [0.05, 0.1) is 12.7 Å². The van der Waals surface area contributed by atoms with Crippen LogP contribution < -0.4 is 5.32 Å². The van der Waals surface area contributed by atoms with Crippen LogP contribution in [0.15, 0.2) is 48.5 Å². The Hall–Kier alpha value is -2.13. The number of carbonyl (C=O) groups excluding carboxylic acids is 1. The summed E-state index contributed by atoms with van der Waals surface area (Å²) in [5.74, 6) is 2.22. The summed E-state index contributed by atoms with van der Waals surface area (Å²) in [6.45, 7) is 8.26. The van der Waals surface area contributed by atoms with Crippen LogP contribution in [0.2, 0.25) is 0 Å². The molecule has 3 aliphatic carbocycles. The lowest BCUT2D eigenvalue weighted by atomic mass is 9.45. The minimum atomic E-state index is -0.300. The number of ether oxygens (including phenoxy) is 1. The van der Waals surface area contributed by atoms with Crippen LogP contribution in [0.4, 0.5) is 0 Å². The molecule has 148 valence electrons. The fourth-order valence-electron chi connectivity index (χ4n) is 5.40. The number of carbonyl (C=O) groups is 1. The van der Waals surface area contributed by atoms with E-state index in [1.807, 2.05) is 24.3 Å². The van der Waals surface area contributed by atoms with Crippen molar-refractivity contribution in [1.82, 2.24) is 5.32 Å². The SMILES string of the molecule is COC(=O)c1ccc(-c2ccc(CN[C@H]3C[C@H]4C[C@@H]([C@@H]3C)C4(C)C)cc2)cc1. The van der Waals surface area contributed by atoms with Crippen LogP contribution in [-0.2, 0) is 11.3 Å². The lowest BCUT2D eigenvalue weighted by molar-refractivity contribution is -0.115. The van der Waals surface area contributed by atoms with E-state index in [-0.39, 0.29) is 5.97 Å². The summed E-state index contributed by atoms with van der Waals surface area (Å²) in [4.78, 5) is 11.6. The van der Waals surface area contributed by atoms with Gasteiger partial charge in [-0.25, -0.2) is 4.79 Å². The van der Waals surface area contributed by atoms with Crippen LogP contribution in [0.1, 0.15) is 49.5 Å². The average Bonchev–Trinajstić information content (AvgIpc) is 2.72. The first kappa shape index (κ1) is 19.2. The maximum atomic E-state index is 11.6. The third-order valence-electron chi connectivity index (χ3n) is 7.52. The topological polar surface area (TPSA) is 38.3 Å². The van der Waals surface area contributed by atoms with Gasteiger partial charge in [-0.3, -0.25) is 0 Å². The smallest absolute Gasteiger partial charge is 0.337 e. The Labute approximate surface area is 168 Å². The maximum Gasteiger partial charge on any atom is 0.337 e. The molecule has 0 aromatic heterocycles. The molecular formula is C25H31NO2. The number of hydrogen-bond acceptors (Lipinski definition) is 3. The van der Waals surface area contributed by atoms with Crippen molar-refractivity contribution in [3.8, 4) is 11.1 Å². The van der Waals surface area contributed by atoms with E-state index in [1.54, 1.807) is 0 Å². The number of hydrogen-bond donors (Lipinski definition) is 1. The summed E-state index contributed by atoms with van der Waals surface area (Å²) < 4.78 is 4.76. The van der Waals surface area contributed by atoms with Gasteiger partial charge in [-0.05, 0) is 64.8 Å². The molecule has 3 nitrogen and oxygen atoms in total. The van der Waals surface area contributed by atoms with Gasteiger partial charge in [0.2, 0.25) is 0 Å². The highest BCUT2D eigenvalue weighted by Gasteiger charge is 2.55. The van der Waals surface area contributed by atoms with E-state index in [9.17, 15) is 4.79 Å². The normalized spacial score (nSPS) is 27.7. The zero-order valence-electron chi connectivity index (χ0n) is 17.4. The van der Waals surface area contributed by atoms with Crippen LogP contribution in [0.5, 0.6) is 0 Å². The minimum absolute atomic E-state index is 0.300. The molecule has 4 atom stereocenters. The van der Waals surface area contributed by atoms with E-state index in [2.05, 4.69) is 50.4 Å². The molecule has 0 unspecified atom stereocenters. The molecule has 28 heavy (non-hydrogen) atoms. The number of rotatable bonds is 5. The molecule has 0 radical (unpaired) electrons. The Morgan fingerprint density at radius 3 is 2.18 bits per heavy atom. The largest absolute Gasteiger partial charge is 0.465 e. The molecule has 5 rings (SSSR count). The zero-order chi connectivity index (χ0) is 19.9. The van der Waals surface area contributed by atoms with E-state index in [0.717, 1.165) is 35.4 Å². The molecule has 0 amide bonds. The van der Waals surface area contributed by atoms with Crippen LogP contribution >= 0.6 is 0 Å². The Morgan fingerprint density at radius 1 is 1.04 bits per heavy atom. The highest BCUT2D eigenvalue weighted by atomic mass is 16.5. The van der Waals surface area contributed by atoms with Gasteiger partial charge in [0.25, 0.3) is 0 Å². The molecule has 2 bridgehead atoms. The van der Waals surface area contributed by atoms with Crippen molar-refractivity contribution < 1.29 is 9.53 Å². The molecule has 3 heteroatoms. The second kappa shape index (κ2) is 7.36. The third kappa shape index (κ3) is 3.37. The number of methoxy groups -OCH3 is 1. The van der Waals surface area contributed by atoms with E-state index in [4.69, 9.17) is 4.74 Å². The predicted octanol–water partition coefficient (Wildman–Crippen LogP) is 5.30. The first-order valence-electron chi connectivity index (χ1n) is 10.4. The van der Waals surface area contributed by atoms with Crippen LogP contribution in [-0.4, -0.2) is 19.1 Å². The third-order valence-corrected chi connectivity index (χ3v) is 7.52. The van der Waals surface area contributed by atoms with E-state index >= 15 is 0 Å². The molecule has 3 fully saturated rings. The second-order valence-electron chi connectivity index (χ2n) is 9.21. The van der Waals surface area contributed by atoms with Gasteiger partial charge in [0.15, 0.2) is 0 Å². The molecule has 2 aromatic carbocycles. The van der Waals surface area contributed by atoms with Crippen molar-refractivity contribution in [2.24, 2.45) is 23.2 Å². The first-order chi connectivity index (χ1) is 13.4. The fourth-order valence-corrected chi connectivity index (χ4v) is 5.40. The lowest BCUT2D eigenvalue weighted by Crippen LogP contribution is -2.59. The summed E-state index contributed by atoms with van der Waals surface area (Å²) in [6.07, 6.45) is 2.74. The van der Waals surface area contributed by atoms with E-state index < -0.39 is 0 Å². The van der Waals surface area contributed by atoms with Gasteiger partial charge in [0.1, 0.15) is 0 Å². The summed E-state index contributed by atoms with van der Waals surface area (Å²) in [5, 5.41) is 3.82. The van der Waals surface area contributed by atoms with Crippen molar-refractivity contribution in [2.75, 3.05) is 7.11 Å². The Bertz CT molecular complexity index is 838. The number of benzene rings is 2. The van der Waals surface area contributed by atoms with Crippen molar-refractivity contribution in [2.45, 2.75) is 46.2 Å². The molecule has 0 heterocycles. The minimum Gasteiger partial charge on any atom is -0.465 e. The molecule has 3 saturated carbocycles. The van der Waals surface area contributed by atoms with Crippen LogP contribution in [0.3, 0.4) is 0 Å².